The van der Waals surface area contributed by atoms with E-state index in [9.17, 15) is 4.79 Å². The van der Waals surface area contributed by atoms with Gasteiger partial charge in [-0.15, -0.1) is 0 Å². The molecule has 1 atom stereocenters. The van der Waals surface area contributed by atoms with Gasteiger partial charge in [-0.05, 0) is 32.9 Å². The lowest BCUT2D eigenvalue weighted by molar-refractivity contribution is -0.144. The fraction of sp³-hybridized carbons (Fsp3) is 0.368. The number of carbonyl (C=O) groups is 1. The minimum atomic E-state index is -1.02. The second-order valence-electron chi connectivity index (χ2n) is 6.87. The maximum Gasteiger partial charge on any atom is 0.344 e. The molecule has 146 valence electrons. The standard InChI is InChI=1S/C19H21N5O4/c1-11(2)24-18(20-10-21-24)15-9-23-6-7-27-16-8-13(28-12(3)19(25)26)4-5-14(16)17(23)22-15/h4-5,8-12H,6-7H2,1-3H3,(H,25,26)/t12-/m0/s1. The third-order valence-electron chi connectivity index (χ3n) is 4.51. The summed E-state index contributed by atoms with van der Waals surface area (Å²) < 4.78 is 15.2. The zero-order valence-corrected chi connectivity index (χ0v) is 15.9. The topological polar surface area (TPSA) is 104 Å². The van der Waals surface area contributed by atoms with E-state index in [0.717, 1.165) is 17.1 Å². The first-order valence-electron chi connectivity index (χ1n) is 9.07. The molecule has 1 aromatic carbocycles. The van der Waals surface area contributed by atoms with Crippen molar-refractivity contribution in [3.05, 3.63) is 30.7 Å². The normalized spacial score (nSPS) is 14.0. The van der Waals surface area contributed by atoms with Crippen molar-refractivity contribution in [2.45, 2.75) is 39.5 Å². The Morgan fingerprint density at radius 2 is 2.11 bits per heavy atom. The maximum atomic E-state index is 11.0. The van der Waals surface area contributed by atoms with Gasteiger partial charge in [0.2, 0.25) is 0 Å². The molecule has 1 aliphatic rings. The Bertz CT molecular complexity index is 1020. The fourth-order valence-electron chi connectivity index (χ4n) is 3.11. The molecule has 0 aliphatic carbocycles. The number of aliphatic carboxylic acids is 1. The van der Waals surface area contributed by atoms with Gasteiger partial charge in [0.15, 0.2) is 11.9 Å². The number of rotatable bonds is 5. The van der Waals surface area contributed by atoms with Crippen LogP contribution >= 0.6 is 0 Å². The van der Waals surface area contributed by atoms with Crippen molar-refractivity contribution in [2.24, 2.45) is 0 Å². The smallest absolute Gasteiger partial charge is 0.344 e. The monoisotopic (exact) mass is 383 g/mol. The molecule has 3 heterocycles. The van der Waals surface area contributed by atoms with Gasteiger partial charge in [0.25, 0.3) is 0 Å². The summed E-state index contributed by atoms with van der Waals surface area (Å²) in [5.41, 5.74) is 1.56. The number of ether oxygens (including phenoxy) is 2. The number of carboxylic acid groups (broad SMARTS) is 1. The fourth-order valence-corrected chi connectivity index (χ4v) is 3.11. The number of carboxylic acids is 1. The average Bonchev–Trinajstić information content (AvgIpc) is 3.26. The summed E-state index contributed by atoms with van der Waals surface area (Å²) in [5.74, 6) is 1.50. The van der Waals surface area contributed by atoms with Gasteiger partial charge in [-0.1, -0.05) is 0 Å². The molecule has 4 rings (SSSR count). The molecule has 0 bridgehead atoms. The second kappa shape index (κ2) is 6.99. The third kappa shape index (κ3) is 3.19. The van der Waals surface area contributed by atoms with Gasteiger partial charge in [-0.2, -0.15) is 5.10 Å². The predicted molar refractivity (Wildman–Crippen MR) is 100 cm³/mol. The van der Waals surface area contributed by atoms with Gasteiger partial charge >= 0.3 is 5.97 Å². The van der Waals surface area contributed by atoms with Gasteiger partial charge in [-0.25, -0.2) is 19.4 Å². The molecule has 0 fully saturated rings. The molecule has 0 amide bonds. The van der Waals surface area contributed by atoms with E-state index in [4.69, 9.17) is 19.6 Å². The van der Waals surface area contributed by atoms with Crippen LogP contribution in [-0.4, -0.2) is 48.1 Å². The number of fused-ring (bicyclic) bond motifs is 3. The Morgan fingerprint density at radius 3 is 2.86 bits per heavy atom. The molecule has 9 heteroatoms. The Labute approximate surface area is 161 Å². The van der Waals surface area contributed by atoms with Crippen molar-refractivity contribution in [3.8, 4) is 34.4 Å². The van der Waals surface area contributed by atoms with Crippen LogP contribution in [0.5, 0.6) is 11.5 Å². The molecule has 0 spiro atoms. The van der Waals surface area contributed by atoms with Crippen LogP contribution in [0.25, 0.3) is 22.9 Å². The van der Waals surface area contributed by atoms with E-state index >= 15 is 0 Å². The highest BCUT2D eigenvalue weighted by atomic mass is 16.5. The molecule has 28 heavy (non-hydrogen) atoms. The second-order valence-corrected chi connectivity index (χ2v) is 6.87. The van der Waals surface area contributed by atoms with Crippen molar-refractivity contribution < 1.29 is 19.4 Å². The minimum absolute atomic E-state index is 0.172. The number of hydrogen-bond donors (Lipinski definition) is 1. The molecule has 0 saturated carbocycles. The van der Waals surface area contributed by atoms with Crippen molar-refractivity contribution in [1.29, 1.82) is 0 Å². The zero-order valence-electron chi connectivity index (χ0n) is 15.9. The summed E-state index contributed by atoms with van der Waals surface area (Å²) in [6, 6.07) is 5.43. The number of benzene rings is 1. The summed E-state index contributed by atoms with van der Waals surface area (Å²) >= 11 is 0. The number of imidazole rings is 1. The van der Waals surface area contributed by atoms with Crippen molar-refractivity contribution in [3.63, 3.8) is 0 Å². The Hall–Kier alpha value is -3.36. The van der Waals surface area contributed by atoms with Gasteiger partial charge in [0.1, 0.15) is 36.0 Å². The first-order chi connectivity index (χ1) is 13.4. The SMILES string of the molecule is CC(C)n1ncnc1-c1cn2c(n1)-c1ccc(O[C@@H](C)C(=O)O)cc1OCC2. The predicted octanol–water partition coefficient (Wildman–Crippen LogP) is 2.63. The summed E-state index contributed by atoms with van der Waals surface area (Å²) in [5, 5.41) is 13.3. The van der Waals surface area contributed by atoms with Crippen molar-refractivity contribution in [2.75, 3.05) is 6.61 Å². The van der Waals surface area contributed by atoms with Crippen LogP contribution in [0.2, 0.25) is 0 Å². The highest BCUT2D eigenvalue weighted by Gasteiger charge is 2.22. The maximum absolute atomic E-state index is 11.0. The van der Waals surface area contributed by atoms with Crippen LogP contribution < -0.4 is 9.47 Å². The summed E-state index contributed by atoms with van der Waals surface area (Å²) in [6.45, 7) is 6.67. The van der Waals surface area contributed by atoms with Crippen molar-refractivity contribution in [1.82, 2.24) is 24.3 Å². The summed E-state index contributed by atoms with van der Waals surface area (Å²) in [6.07, 6.45) is 2.54. The Morgan fingerprint density at radius 1 is 1.29 bits per heavy atom. The minimum Gasteiger partial charge on any atom is -0.491 e. The van der Waals surface area contributed by atoms with Crippen LogP contribution in [0.15, 0.2) is 30.7 Å². The van der Waals surface area contributed by atoms with E-state index < -0.39 is 12.1 Å². The average molecular weight is 383 g/mol. The van der Waals surface area contributed by atoms with Crippen molar-refractivity contribution >= 4 is 5.97 Å². The number of aromatic nitrogens is 5. The Balaban J connectivity index is 1.72. The highest BCUT2D eigenvalue weighted by molar-refractivity contribution is 5.73. The summed E-state index contributed by atoms with van der Waals surface area (Å²) in [4.78, 5) is 20.2. The van der Waals surface area contributed by atoms with E-state index in [0.29, 0.717) is 30.5 Å². The molecule has 0 unspecified atom stereocenters. The quantitative estimate of drug-likeness (QED) is 0.722. The lowest BCUT2D eigenvalue weighted by Crippen LogP contribution is -2.22. The van der Waals surface area contributed by atoms with Crippen LogP contribution in [0.4, 0.5) is 0 Å². The first-order valence-corrected chi connectivity index (χ1v) is 9.07. The van der Waals surface area contributed by atoms with Crippen LogP contribution in [-0.2, 0) is 11.3 Å². The van der Waals surface area contributed by atoms with Gasteiger partial charge in [-0.3, -0.25) is 0 Å². The van der Waals surface area contributed by atoms with Gasteiger partial charge in [0.05, 0.1) is 12.1 Å². The van der Waals surface area contributed by atoms with Crippen LogP contribution in [0.1, 0.15) is 26.8 Å². The zero-order chi connectivity index (χ0) is 19.8. The van der Waals surface area contributed by atoms with E-state index in [-0.39, 0.29) is 6.04 Å². The molecule has 3 aromatic rings. The van der Waals surface area contributed by atoms with E-state index in [2.05, 4.69) is 10.1 Å². The molecule has 2 aromatic heterocycles. The Kier molecular flexibility index (Phi) is 4.50. The van der Waals surface area contributed by atoms with Gasteiger partial charge < -0.3 is 19.1 Å². The van der Waals surface area contributed by atoms with Crippen LogP contribution in [0, 0.1) is 0 Å². The highest BCUT2D eigenvalue weighted by Crippen LogP contribution is 2.36. The van der Waals surface area contributed by atoms with Crippen LogP contribution in [0.3, 0.4) is 0 Å². The van der Waals surface area contributed by atoms with Gasteiger partial charge in [0, 0.05) is 18.3 Å². The number of hydrogen-bond acceptors (Lipinski definition) is 6. The molecule has 1 N–H and O–H groups in total. The van der Waals surface area contributed by atoms with E-state index in [1.807, 2.05) is 35.4 Å². The van der Waals surface area contributed by atoms with E-state index in [1.54, 1.807) is 12.1 Å². The summed E-state index contributed by atoms with van der Waals surface area (Å²) in [7, 11) is 0. The first kappa shape index (κ1) is 18.0. The van der Waals surface area contributed by atoms with E-state index in [1.165, 1.54) is 13.3 Å². The molecular formula is C19H21N5O4. The lowest BCUT2D eigenvalue weighted by atomic mass is 10.1. The lowest BCUT2D eigenvalue weighted by Gasteiger charge is -2.13. The molecular weight excluding hydrogens is 362 g/mol. The molecule has 1 aliphatic heterocycles. The number of nitrogens with zero attached hydrogens (tertiary/aromatic N) is 5. The largest absolute Gasteiger partial charge is 0.491 e. The molecule has 9 nitrogen and oxygen atoms in total. The molecule has 0 saturated heterocycles. The molecule has 0 radical (unpaired) electrons. The third-order valence-corrected chi connectivity index (χ3v) is 4.51.